The van der Waals surface area contributed by atoms with E-state index in [1.807, 2.05) is 0 Å². The number of phenols is 1. The topological polar surface area (TPSA) is 117 Å². The van der Waals surface area contributed by atoms with Gasteiger partial charge >= 0.3 is 0 Å². The van der Waals surface area contributed by atoms with E-state index in [1.54, 1.807) is 12.1 Å². The highest BCUT2D eigenvalue weighted by Gasteiger charge is 2.10. The molecule has 2 rings (SSSR count). The summed E-state index contributed by atoms with van der Waals surface area (Å²) in [6.07, 6.45) is 0. The number of phenolic OH excluding ortho intramolecular Hbond substituents is 1. The third kappa shape index (κ3) is 4.38. The highest BCUT2D eigenvalue weighted by molar-refractivity contribution is 7.80. The number of aromatic hydroxyl groups is 1. The fraction of sp³-hybridized carbons (Fsp3) is 0. The molecule has 0 aliphatic heterocycles. The zero-order chi connectivity index (χ0) is 16.8. The molecule has 23 heavy (non-hydrogen) atoms. The van der Waals surface area contributed by atoms with Crippen LogP contribution in [-0.2, 0) is 0 Å². The predicted octanol–water partition coefficient (Wildman–Crippen LogP) is 1.93. The van der Waals surface area contributed by atoms with Gasteiger partial charge in [0.15, 0.2) is 5.11 Å². The highest BCUT2D eigenvalue weighted by atomic mass is 32.1. The van der Waals surface area contributed by atoms with E-state index in [1.165, 1.54) is 36.4 Å². The summed E-state index contributed by atoms with van der Waals surface area (Å²) in [4.78, 5) is 21.9. The van der Waals surface area contributed by atoms with E-state index >= 15 is 0 Å². The van der Waals surface area contributed by atoms with E-state index in [9.17, 15) is 20.0 Å². The molecule has 0 unspecified atom stereocenters. The Kier molecular flexibility index (Phi) is 5.05. The lowest BCUT2D eigenvalue weighted by Crippen LogP contribution is -2.43. The standard InChI is InChI=1S/C14H12N4O4S/c19-12-4-2-1-3-11(12)13(20)16-17-14(23)15-9-5-7-10(8-6-9)18(21)22/h1-8,19H,(H,16,20)(H2,15,17,23). The van der Waals surface area contributed by atoms with Crippen molar-refractivity contribution in [1.29, 1.82) is 0 Å². The first kappa shape index (κ1) is 16.2. The second kappa shape index (κ2) is 7.18. The number of nitrogens with one attached hydrogen (secondary N) is 3. The van der Waals surface area contributed by atoms with Crippen molar-refractivity contribution < 1.29 is 14.8 Å². The molecular formula is C14H12N4O4S. The lowest BCUT2D eigenvalue weighted by molar-refractivity contribution is -0.384. The van der Waals surface area contributed by atoms with E-state index in [0.29, 0.717) is 5.69 Å². The lowest BCUT2D eigenvalue weighted by Gasteiger charge is -2.12. The first-order valence-corrected chi connectivity index (χ1v) is 6.78. The number of anilines is 1. The van der Waals surface area contributed by atoms with Crippen LogP contribution >= 0.6 is 12.2 Å². The molecule has 2 aromatic rings. The average molecular weight is 332 g/mol. The summed E-state index contributed by atoms with van der Waals surface area (Å²) in [7, 11) is 0. The molecule has 0 saturated heterocycles. The van der Waals surface area contributed by atoms with Crippen LogP contribution in [0.2, 0.25) is 0 Å². The number of amides is 1. The maximum atomic E-state index is 11.8. The van der Waals surface area contributed by atoms with Crippen LogP contribution in [0.3, 0.4) is 0 Å². The average Bonchev–Trinajstić information content (AvgIpc) is 2.53. The number of nitro benzene ring substituents is 1. The molecule has 0 aliphatic rings. The highest BCUT2D eigenvalue weighted by Crippen LogP contribution is 2.16. The summed E-state index contributed by atoms with van der Waals surface area (Å²) in [5.41, 5.74) is 5.37. The van der Waals surface area contributed by atoms with Gasteiger partial charge in [0.05, 0.1) is 10.5 Å². The van der Waals surface area contributed by atoms with Gasteiger partial charge in [-0.2, -0.15) is 0 Å². The number of benzene rings is 2. The Hall–Kier alpha value is -3.20. The van der Waals surface area contributed by atoms with Crippen LogP contribution in [0.4, 0.5) is 11.4 Å². The van der Waals surface area contributed by atoms with Gasteiger partial charge in [0, 0.05) is 17.8 Å². The molecular weight excluding hydrogens is 320 g/mol. The summed E-state index contributed by atoms with van der Waals surface area (Å²) >= 11 is 4.99. The van der Waals surface area contributed by atoms with Crippen molar-refractivity contribution in [3.8, 4) is 5.75 Å². The Labute approximate surface area is 136 Å². The normalized spacial score (nSPS) is 9.74. The number of nitrogens with zero attached hydrogens (tertiary/aromatic N) is 1. The Bertz CT molecular complexity index is 749. The van der Waals surface area contributed by atoms with Crippen molar-refractivity contribution >= 4 is 34.6 Å². The number of hydrogen-bond donors (Lipinski definition) is 4. The van der Waals surface area contributed by atoms with Gasteiger partial charge in [0.2, 0.25) is 0 Å². The Morgan fingerprint density at radius 3 is 2.35 bits per heavy atom. The monoisotopic (exact) mass is 332 g/mol. The van der Waals surface area contributed by atoms with E-state index < -0.39 is 10.8 Å². The van der Waals surface area contributed by atoms with Crippen LogP contribution < -0.4 is 16.2 Å². The van der Waals surface area contributed by atoms with Crippen LogP contribution in [0, 0.1) is 10.1 Å². The molecule has 0 radical (unpaired) electrons. The molecule has 0 heterocycles. The summed E-state index contributed by atoms with van der Waals surface area (Å²) in [5, 5.41) is 22.9. The first-order chi connectivity index (χ1) is 11.0. The van der Waals surface area contributed by atoms with Gasteiger partial charge in [0.1, 0.15) is 5.75 Å². The van der Waals surface area contributed by atoms with Gasteiger partial charge < -0.3 is 10.4 Å². The smallest absolute Gasteiger partial charge is 0.273 e. The van der Waals surface area contributed by atoms with E-state index in [0.717, 1.165) is 0 Å². The second-order valence-electron chi connectivity index (χ2n) is 4.35. The molecule has 0 saturated carbocycles. The Balaban J connectivity index is 1.89. The second-order valence-corrected chi connectivity index (χ2v) is 4.76. The van der Waals surface area contributed by atoms with Crippen molar-refractivity contribution in [2.24, 2.45) is 0 Å². The predicted molar refractivity (Wildman–Crippen MR) is 88.0 cm³/mol. The maximum absolute atomic E-state index is 11.8. The number of nitro groups is 1. The first-order valence-electron chi connectivity index (χ1n) is 6.37. The number of rotatable bonds is 3. The molecule has 0 fully saturated rings. The van der Waals surface area contributed by atoms with Crippen molar-refractivity contribution in [2.75, 3.05) is 5.32 Å². The lowest BCUT2D eigenvalue weighted by atomic mass is 10.2. The maximum Gasteiger partial charge on any atom is 0.273 e. The molecule has 118 valence electrons. The Morgan fingerprint density at radius 1 is 1.09 bits per heavy atom. The minimum Gasteiger partial charge on any atom is -0.507 e. The van der Waals surface area contributed by atoms with E-state index in [4.69, 9.17) is 12.2 Å². The molecule has 1 amide bonds. The minimum atomic E-state index is -0.559. The fourth-order valence-electron chi connectivity index (χ4n) is 1.68. The molecule has 9 heteroatoms. The van der Waals surface area contributed by atoms with Crippen molar-refractivity contribution in [3.05, 3.63) is 64.2 Å². The number of thiocarbonyl (C=S) groups is 1. The van der Waals surface area contributed by atoms with Gasteiger partial charge in [-0.3, -0.25) is 25.8 Å². The van der Waals surface area contributed by atoms with Crippen LogP contribution in [0.5, 0.6) is 5.75 Å². The molecule has 4 N–H and O–H groups in total. The molecule has 0 aromatic heterocycles. The number of hydrazine groups is 1. The van der Waals surface area contributed by atoms with E-state index in [-0.39, 0.29) is 22.1 Å². The van der Waals surface area contributed by atoms with Crippen LogP contribution in [0.25, 0.3) is 0 Å². The number of hydrogen-bond acceptors (Lipinski definition) is 5. The molecule has 8 nitrogen and oxygen atoms in total. The number of carbonyl (C=O) groups excluding carboxylic acids is 1. The third-order valence-corrected chi connectivity index (χ3v) is 2.98. The number of para-hydroxylation sites is 1. The summed E-state index contributed by atoms with van der Waals surface area (Å²) in [6.45, 7) is 0. The number of non-ortho nitro benzene ring substituents is 1. The molecule has 0 atom stereocenters. The largest absolute Gasteiger partial charge is 0.507 e. The zero-order valence-electron chi connectivity index (χ0n) is 11.6. The van der Waals surface area contributed by atoms with Gasteiger partial charge in [-0.1, -0.05) is 12.1 Å². The van der Waals surface area contributed by atoms with Crippen molar-refractivity contribution in [1.82, 2.24) is 10.9 Å². The van der Waals surface area contributed by atoms with Crippen LogP contribution in [-0.4, -0.2) is 21.0 Å². The summed E-state index contributed by atoms with van der Waals surface area (Å²) in [5.74, 6) is -0.711. The van der Waals surface area contributed by atoms with Crippen molar-refractivity contribution in [2.45, 2.75) is 0 Å². The van der Waals surface area contributed by atoms with Crippen LogP contribution in [0.1, 0.15) is 10.4 Å². The third-order valence-electron chi connectivity index (χ3n) is 2.77. The minimum absolute atomic E-state index is 0.0396. The Morgan fingerprint density at radius 2 is 1.74 bits per heavy atom. The van der Waals surface area contributed by atoms with Crippen LogP contribution in [0.15, 0.2) is 48.5 Å². The van der Waals surface area contributed by atoms with E-state index in [2.05, 4.69) is 16.2 Å². The fourth-order valence-corrected chi connectivity index (χ4v) is 1.84. The van der Waals surface area contributed by atoms with Gasteiger partial charge in [-0.15, -0.1) is 0 Å². The quantitative estimate of drug-likeness (QED) is 0.385. The van der Waals surface area contributed by atoms with Gasteiger partial charge in [-0.25, -0.2) is 0 Å². The SMILES string of the molecule is O=C(NNC(=S)Nc1ccc([N+](=O)[O-])cc1)c1ccccc1O. The molecule has 0 spiro atoms. The molecule has 2 aromatic carbocycles. The zero-order valence-corrected chi connectivity index (χ0v) is 12.5. The van der Waals surface area contributed by atoms with Gasteiger partial charge in [0.25, 0.3) is 11.6 Å². The summed E-state index contributed by atoms with van der Waals surface area (Å²) in [6, 6.07) is 11.7. The molecule has 0 aliphatic carbocycles. The van der Waals surface area contributed by atoms with Crippen molar-refractivity contribution in [3.63, 3.8) is 0 Å². The summed E-state index contributed by atoms with van der Waals surface area (Å²) < 4.78 is 0. The number of carbonyl (C=O) groups is 1. The molecule has 0 bridgehead atoms. The van der Waals surface area contributed by atoms with Gasteiger partial charge in [-0.05, 0) is 36.5 Å².